The lowest BCUT2D eigenvalue weighted by atomic mass is 10.1. The number of hydrogen-bond acceptors (Lipinski definition) is 6. The smallest absolute Gasteiger partial charge is 0.383 e. The first kappa shape index (κ1) is 26.3. The van der Waals surface area contributed by atoms with Crippen LogP contribution in [-0.4, -0.2) is 18.7 Å². The molecule has 0 aliphatic heterocycles. The van der Waals surface area contributed by atoms with E-state index < -0.39 is 11.6 Å². The minimum absolute atomic E-state index is 0.0495. The van der Waals surface area contributed by atoms with Crippen molar-refractivity contribution in [1.29, 1.82) is 0 Å². The van der Waals surface area contributed by atoms with Gasteiger partial charge in [0.05, 0.1) is 23.7 Å². The second-order valence-corrected chi connectivity index (χ2v) is 8.95. The van der Waals surface area contributed by atoms with Crippen LogP contribution in [0.2, 0.25) is 0 Å². The Morgan fingerprint density at radius 2 is 1.57 bits per heavy atom. The van der Waals surface area contributed by atoms with Crippen LogP contribution in [0, 0.1) is 0 Å². The molecule has 3 aromatic rings. The van der Waals surface area contributed by atoms with Crippen LogP contribution in [0.3, 0.4) is 0 Å². The van der Waals surface area contributed by atoms with Gasteiger partial charge in [-0.2, -0.15) is 0 Å². The van der Waals surface area contributed by atoms with E-state index in [0.29, 0.717) is 23.3 Å². The maximum Gasteiger partial charge on any atom is 0.383 e. The first-order valence-corrected chi connectivity index (χ1v) is 12.7. The van der Waals surface area contributed by atoms with Gasteiger partial charge in [0.25, 0.3) is 0 Å². The second-order valence-electron chi connectivity index (χ2n) is 8.95. The molecule has 0 atom stereocenters. The third-order valence-corrected chi connectivity index (χ3v) is 5.62. The number of hydrogen-bond donors (Lipinski definition) is 0. The Bertz CT molecular complexity index is 1130. The predicted octanol–water partition coefficient (Wildman–Crippen LogP) is 7.32. The lowest BCUT2D eigenvalue weighted by Gasteiger charge is -2.15. The Morgan fingerprint density at radius 3 is 2.26 bits per heavy atom. The lowest BCUT2D eigenvalue weighted by Crippen LogP contribution is -2.17. The van der Waals surface area contributed by atoms with Gasteiger partial charge in [-0.3, -0.25) is 0 Å². The zero-order chi connectivity index (χ0) is 25.0. The highest BCUT2D eigenvalue weighted by Gasteiger charge is 2.22. The number of ether oxygens (including phenoxy) is 3. The van der Waals surface area contributed by atoms with Crippen LogP contribution in [0.5, 0.6) is 17.2 Å². The van der Waals surface area contributed by atoms with E-state index >= 15 is 0 Å². The highest BCUT2D eigenvalue weighted by Crippen LogP contribution is 2.35. The summed E-state index contributed by atoms with van der Waals surface area (Å²) in [4.78, 5) is 25.5. The Balaban J connectivity index is 1.72. The molecule has 35 heavy (non-hydrogen) atoms. The van der Waals surface area contributed by atoms with Crippen molar-refractivity contribution in [3.05, 3.63) is 64.5 Å². The lowest BCUT2D eigenvalue weighted by molar-refractivity contribution is 0.0726. The van der Waals surface area contributed by atoms with E-state index in [1.807, 2.05) is 6.07 Å². The van der Waals surface area contributed by atoms with Gasteiger partial charge in [-0.1, -0.05) is 70.1 Å². The molecule has 188 valence electrons. The molecule has 0 spiro atoms. The molecule has 1 heterocycles. The quantitative estimate of drug-likeness (QED) is 0.137. The molecule has 0 aliphatic rings. The SMILES string of the molecule is CCCCCCCCCCOc1ccc2c(OC(=O)c3ccccc3)c(OC(C)C)c(=O)oc2c1. The predicted molar refractivity (Wildman–Crippen MR) is 138 cm³/mol. The van der Waals surface area contributed by atoms with Crippen LogP contribution in [0.25, 0.3) is 11.0 Å². The fraction of sp³-hybridized carbons (Fsp3) is 0.448. The average molecular weight is 481 g/mol. The Morgan fingerprint density at radius 1 is 0.886 bits per heavy atom. The van der Waals surface area contributed by atoms with Crippen LogP contribution >= 0.6 is 0 Å². The molecular formula is C29H36O6. The summed E-state index contributed by atoms with van der Waals surface area (Å²) in [6, 6.07) is 13.8. The third kappa shape index (κ3) is 7.88. The molecule has 0 N–H and O–H groups in total. The topological polar surface area (TPSA) is 75.0 Å². The van der Waals surface area contributed by atoms with Crippen molar-refractivity contribution in [3.8, 4) is 17.2 Å². The van der Waals surface area contributed by atoms with Crippen molar-refractivity contribution in [2.75, 3.05) is 6.61 Å². The minimum atomic E-state index is -0.706. The summed E-state index contributed by atoms with van der Waals surface area (Å²) in [6.45, 7) is 6.39. The Hall–Kier alpha value is -3.28. The van der Waals surface area contributed by atoms with E-state index in [4.69, 9.17) is 18.6 Å². The number of fused-ring (bicyclic) bond motifs is 1. The summed E-state index contributed by atoms with van der Waals surface area (Å²) >= 11 is 0. The van der Waals surface area contributed by atoms with Crippen molar-refractivity contribution in [3.63, 3.8) is 0 Å². The third-order valence-electron chi connectivity index (χ3n) is 5.62. The first-order valence-electron chi connectivity index (χ1n) is 12.7. The van der Waals surface area contributed by atoms with E-state index in [0.717, 1.165) is 12.8 Å². The van der Waals surface area contributed by atoms with Crippen LogP contribution < -0.4 is 19.8 Å². The molecule has 0 saturated heterocycles. The molecule has 6 nitrogen and oxygen atoms in total. The van der Waals surface area contributed by atoms with E-state index in [2.05, 4.69) is 6.92 Å². The monoisotopic (exact) mass is 480 g/mol. The van der Waals surface area contributed by atoms with Gasteiger partial charge in [0.1, 0.15) is 11.3 Å². The highest BCUT2D eigenvalue weighted by atomic mass is 16.6. The maximum absolute atomic E-state index is 12.7. The number of carbonyl (C=O) groups is 1. The van der Waals surface area contributed by atoms with E-state index in [9.17, 15) is 9.59 Å². The largest absolute Gasteiger partial charge is 0.493 e. The molecule has 0 fully saturated rings. The number of unbranched alkanes of at least 4 members (excludes halogenated alkanes) is 7. The van der Waals surface area contributed by atoms with Crippen LogP contribution in [0.15, 0.2) is 57.7 Å². The van der Waals surface area contributed by atoms with Gasteiger partial charge >= 0.3 is 11.6 Å². The maximum atomic E-state index is 12.7. The Labute approximate surface area is 207 Å². The zero-order valence-electron chi connectivity index (χ0n) is 21.0. The molecule has 0 amide bonds. The van der Waals surface area contributed by atoms with Crippen LogP contribution in [0.4, 0.5) is 0 Å². The summed E-state index contributed by atoms with van der Waals surface area (Å²) < 4.78 is 22.7. The van der Waals surface area contributed by atoms with Gasteiger partial charge in [-0.25, -0.2) is 9.59 Å². The van der Waals surface area contributed by atoms with Crippen molar-refractivity contribution < 1.29 is 23.4 Å². The molecule has 1 aromatic heterocycles. The summed E-state index contributed by atoms with van der Waals surface area (Å²) in [6.07, 6.45) is 9.49. The fourth-order valence-corrected chi connectivity index (χ4v) is 3.82. The van der Waals surface area contributed by atoms with Crippen molar-refractivity contribution in [2.45, 2.75) is 78.2 Å². The summed E-state index contributed by atoms with van der Waals surface area (Å²) in [5.74, 6) is -0.0552. The zero-order valence-corrected chi connectivity index (χ0v) is 21.0. The summed E-state index contributed by atoms with van der Waals surface area (Å²) in [7, 11) is 0. The molecule has 0 bridgehead atoms. The van der Waals surface area contributed by atoms with Gasteiger partial charge in [-0.15, -0.1) is 0 Å². The first-order chi connectivity index (χ1) is 17.0. The molecule has 0 radical (unpaired) electrons. The Kier molecular flexibility index (Phi) is 10.2. The van der Waals surface area contributed by atoms with Gasteiger partial charge in [0.2, 0.25) is 5.75 Å². The fourth-order valence-electron chi connectivity index (χ4n) is 3.82. The molecule has 3 rings (SSSR count). The van der Waals surface area contributed by atoms with Gasteiger partial charge in [-0.05, 0) is 44.5 Å². The number of benzene rings is 2. The molecule has 2 aromatic carbocycles. The molecule has 0 unspecified atom stereocenters. The minimum Gasteiger partial charge on any atom is -0.493 e. The average Bonchev–Trinajstić information content (AvgIpc) is 2.85. The normalized spacial score (nSPS) is 11.1. The highest BCUT2D eigenvalue weighted by molar-refractivity contribution is 5.95. The summed E-state index contributed by atoms with van der Waals surface area (Å²) in [5, 5.41) is 0.462. The van der Waals surface area contributed by atoms with E-state index in [1.165, 1.54) is 38.5 Å². The standard InChI is InChI=1S/C29H36O6/c1-4-5-6-7-8-9-10-14-19-32-23-17-18-24-25(20-23)34-29(31)27(33-21(2)3)26(24)35-28(30)22-15-12-11-13-16-22/h11-13,15-18,20-21H,4-10,14,19H2,1-3H3. The summed E-state index contributed by atoms with van der Waals surface area (Å²) in [5.41, 5.74) is -0.0626. The van der Waals surface area contributed by atoms with Gasteiger partial charge in [0, 0.05) is 6.07 Å². The van der Waals surface area contributed by atoms with Crippen molar-refractivity contribution >= 4 is 16.9 Å². The van der Waals surface area contributed by atoms with E-state index in [-0.39, 0.29) is 23.2 Å². The molecule has 6 heteroatoms. The number of rotatable bonds is 14. The number of carbonyl (C=O) groups excluding carboxylic acids is 1. The second kappa shape index (κ2) is 13.6. The van der Waals surface area contributed by atoms with Gasteiger partial charge in [0.15, 0.2) is 5.75 Å². The number of esters is 1. The molecular weight excluding hydrogens is 444 g/mol. The van der Waals surface area contributed by atoms with Gasteiger partial charge < -0.3 is 18.6 Å². The van der Waals surface area contributed by atoms with Crippen molar-refractivity contribution in [1.82, 2.24) is 0 Å². The van der Waals surface area contributed by atoms with Crippen LogP contribution in [0.1, 0.15) is 82.5 Å². The van der Waals surface area contributed by atoms with Crippen LogP contribution in [-0.2, 0) is 0 Å². The van der Waals surface area contributed by atoms with E-state index in [1.54, 1.807) is 56.3 Å². The molecule has 0 saturated carbocycles. The molecule has 0 aliphatic carbocycles. The van der Waals surface area contributed by atoms with Crippen molar-refractivity contribution in [2.24, 2.45) is 0 Å².